The molecule has 2 heterocycles. The van der Waals surface area contributed by atoms with Gasteiger partial charge in [0.15, 0.2) is 11.4 Å². The molecule has 1 aromatic heterocycles. The summed E-state index contributed by atoms with van der Waals surface area (Å²) in [6.07, 6.45) is 2.97. The first kappa shape index (κ1) is 30.8. The van der Waals surface area contributed by atoms with Gasteiger partial charge in [0.2, 0.25) is 0 Å². The number of aliphatic hydroxyl groups is 1. The van der Waals surface area contributed by atoms with Crippen molar-refractivity contribution in [3.05, 3.63) is 143 Å². The Morgan fingerprint density at radius 3 is 2.36 bits per heavy atom. The number of hydrogen-bond acceptors (Lipinski definition) is 6. The van der Waals surface area contributed by atoms with Crippen molar-refractivity contribution in [2.24, 2.45) is 13.0 Å². The predicted molar refractivity (Wildman–Crippen MR) is 176 cm³/mol. The highest BCUT2D eigenvalue weighted by molar-refractivity contribution is 7.99. The summed E-state index contributed by atoms with van der Waals surface area (Å²) in [5.41, 5.74) is 6.68. The van der Waals surface area contributed by atoms with Crippen molar-refractivity contribution in [2.75, 3.05) is 5.75 Å². The maximum absolute atomic E-state index is 12.5. The number of carbonyl (C=O) groups is 1. The molecule has 1 amide bonds. The van der Waals surface area contributed by atoms with E-state index >= 15 is 0 Å². The lowest BCUT2D eigenvalue weighted by Gasteiger charge is -2.41. The Bertz CT molecular complexity index is 1710. The zero-order valence-electron chi connectivity index (χ0n) is 25.4. The molecule has 0 saturated carbocycles. The van der Waals surface area contributed by atoms with E-state index in [2.05, 4.69) is 53.6 Å². The number of nitrogens with one attached hydrogen (secondary N) is 1. The highest BCUT2D eigenvalue weighted by atomic mass is 32.2. The lowest BCUT2D eigenvalue weighted by Crippen LogP contribution is -2.38. The van der Waals surface area contributed by atoms with Crippen LogP contribution < -0.4 is 5.32 Å². The summed E-state index contributed by atoms with van der Waals surface area (Å²) in [6, 6.07) is 33.7. The fourth-order valence-corrected chi connectivity index (χ4v) is 6.62. The molecule has 45 heavy (non-hydrogen) atoms. The van der Waals surface area contributed by atoms with Crippen LogP contribution in [0.4, 0.5) is 0 Å². The van der Waals surface area contributed by atoms with Gasteiger partial charge in [0, 0.05) is 48.8 Å². The van der Waals surface area contributed by atoms with Crippen molar-refractivity contribution < 1.29 is 19.4 Å². The van der Waals surface area contributed by atoms with E-state index in [4.69, 9.17) is 9.47 Å². The van der Waals surface area contributed by atoms with Gasteiger partial charge in [-0.1, -0.05) is 104 Å². The number of nitrogens with zero attached hydrogens (tertiary/aromatic N) is 2. The minimum Gasteiger partial charge on any atom is -0.392 e. The summed E-state index contributed by atoms with van der Waals surface area (Å²) in [6.45, 7) is 2.62. The molecule has 1 saturated heterocycles. The Labute approximate surface area is 268 Å². The van der Waals surface area contributed by atoms with Crippen molar-refractivity contribution in [1.29, 1.82) is 0 Å². The lowest BCUT2D eigenvalue weighted by molar-refractivity contribution is -0.268. The number of thioether (sulfide) groups is 1. The van der Waals surface area contributed by atoms with E-state index in [1.165, 1.54) is 0 Å². The first-order valence-electron chi connectivity index (χ1n) is 15.1. The summed E-state index contributed by atoms with van der Waals surface area (Å²) in [5, 5.41) is 13.5. The predicted octanol–water partition coefficient (Wildman–Crippen LogP) is 7.09. The number of ether oxygens (including phenoxy) is 2. The first-order valence-corrected chi connectivity index (χ1v) is 16.1. The van der Waals surface area contributed by atoms with E-state index in [-0.39, 0.29) is 30.6 Å². The molecule has 8 heteroatoms. The summed E-state index contributed by atoms with van der Waals surface area (Å²) in [5.74, 6) is 0.743. The van der Waals surface area contributed by atoms with E-state index in [9.17, 15) is 9.90 Å². The molecule has 6 rings (SSSR count). The number of carbonyl (C=O) groups excluding carboxylic acids is 1. The number of hydrogen-bond donors (Lipinski definition) is 2. The van der Waals surface area contributed by atoms with Gasteiger partial charge >= 0.3 is 0 Å². The van der Waals surface area contributed by atoms with Crippen molar-refractivity contribution in [3.8, 4) is 11.1 Å². The normalized spacial score (nSPS) is 19.7. The molecule has 5 aromatic rings. The zero-order valence-corrected chi connectivity index (χ0v) is 26.2. The Balaban J connectivity index is 1.18. The summed E-state index contributed by atoms with van der Waals surface area (Å²) in [4.78, 5) is 17.0. The smallest absolute Gasteiger partial charge is 0.251 e. The van der Waals surface area contributed by atoms with E-state index in [1.807, 2.05) is 90.7 Å². The van der Waals surface area contributed by atoms with Gasteiger partial charge in [-0.3, -0.25) is 4.79 Å². The average molecular weight is 620 g/mol. The Morgan fingerprint density at radius 1 is 0.889 bits per heavy atom. The fourth-order valence-electron chi connectivity index (χ4n) is 5.53. The van der Waals surface area contributed by atoms with Crippen LogP contribution in [0.1, 0.15) is 51.9 Å². The quantitative estimate of drug-likeness (QED) is 0.162. The second-order valence-electron chi connectivity index (χ2n) is 11.3. The molecule has 1 aliphatic rings. The van der Waals surface area contributed by atoms with Crippen molar-refractivity contribution in [1.82, 2.24) is 14.9 Å². The molecule has 4 aromatic carbocycles. The van der Waals surface area contributed by atoms with Crippen LogP contribution in [0.25, 0.3) is 11.1 Å². The molecule has 0 spiro atoms. The molecule has 0 aliphatic carbocycles. The van der Waals surface area contributed by atoms with Gasteiger partial charge in [-0.2, -0.15) is 0 Å². The zero-order chi connectivity index (χ0) is 31.2. The number of imidazole rings is 1. The molecular formula is C37H37N3O4S. The molecule has 230 valence electrons. The van der Waals surface area contributed by atoms with Crippen LogP contribution in [-0.4, -0.2) is 32.4 Å². The second kappa shape index (κ2) is 14.3. The number of rotatable bonds is 10. The standard InChI is InChI=1S/C37H37N3O4S/c1-25-33(24-45-37-38-19-20-40(37)2)43-36(44-34(25)29-13-11-26(23-41)12-14-29)31-17-15-28(16-18-31)32-10-6-7-27(21-32)22-39-35(42)30-8-4-3-5-9-30/h3-21,25,33-34,36,41H,22-24H2,1-2H3,(H,39,42). The molecule has 7 nitrogen and oxygen atoms in total. The van der Waals surface area contributed by atoms with Gasteiger partial charge in [0.25, 0.3) is 5.91 Å². The fraction of sp³-hybridized carbons (Fsp3) is 0.243. The number of aromatic nitrogens is 2. The Morgan fingerprint density at radius 2 is 1.64 bits per heavy atom. The SMILES string of the molecule is CC1C(CSc2nccn2C)OC(c2ccc(-c3cccc(CNC(=O)c4ccccc4)c3)cc2)OC1c1ccc(CO)cc1. The lowest BCUT2D eigenvalue weighted by atomic mass is 9.91. The monoisotopic (exact) mass is 619 g/mol. The van der Waals surface area contributed by atoms with Crippen molar-refractivity contribution >= 4 is 17.7 Å². The summed E-state index contributed by atoms with van der Waals surface area (Å²) < 4.78 is 15.3. The van der Waals surface area contributed by atoms with E-state index in [0.29, 0.717) is 12.1 Å². The van der Waals surface area contributed by atoms with Crippen LogP contribution in [0.3, 0.4) is 0 Å². The van der Waals surface area contributed by atoms with Crippen molar-refractivity contribution in [2.45, 2.75) is 43.7 Å². The highest BCUT2D eigenvalue weighted by Crippen LogP contribution is 2.43. The Kier molecular flexibility index (Phi) is 9.76. The van der Waals surface area contributed by atoms with Gasteiger partial charge in [-0.05, 0) is 46.0 Å². The average Bonchev–Trinajstić information content (AvgIpc) is 3.51. The number of benzene rings is 4. The minimum absolute atomic E-state index is 0.00754. The molecule has 1 fully saturated rings. The van der Waals surface area contributed by atoms with Crippen LogP contribution in [0, 0.1) is 5.92 Å². The highest BCUT2D eigenvalue weighted by Gasteiger charge is 2.38. The number of aliphatic hydroxyl groups excluding tert-OH is 1. The maximum Gasteiger partial charge on any atom is 0.251 e. The van der Waals surface area contributed by atoms with Gasteiger partial charge < -0.3 is 24.5 Å². The Hall–Kier alpha value is -4.21. The third kappa shape index (κ3) is 7.37. The molecule has 4 unspecified atom stereocenters. The van der Waals surface area contributed by atoms with Gasteiger partial charge in [0.1, 0.15) is 0 Å². The molecule has 4 atom stereocenters. The first-order chi connectivity index (χ1) is 22.0. The van der Waals surface area contributed by atoms with Crippen LogP contribution in [-0.2, 0) is 29.7 Å². The van der Waals surface area contributed by atoms with Crippen molar-refractivity contribution in [3.63, 3.8) is 0 Å². The molecular weight excluding hydrogens is 582 g/mol. The van der Waals surface area contributed by atoms with Crippen LogP contribution in [0.15, 0.2) is 121 Å². The maximum atomic E-state index is 12.5. The summed E-state index contributed by atoms with van der Waals surface area (Å²) >= 11 is 1.68. The molecule has 1 aliphatic heterocycles. The largest absolute Gasteiger partial charge is 0.392 e. The minimum atomic E-state index is -0.538. The third-order valence-electron chi connectivity index (χ3n) is 8.21. The van der Waals surface area contributed by atoms with Gasteiger partial charge in [-0.25, -0.2) is 4.98 Å². The third-order valence-corrected chi connectivity index (χ3v) is 9.36. The topological polar surface area (TPSA) is 85.6 Å². The van der Waals surface area contributed by atoms with E-state index < -0.39 is 6.29 Å². The number of aryl methyl sites for hydroxylation is 1. The summed E-state index contributed by atoms with van der Waals surface area (Å²) in [7, 11) is 2.00. The molecule has 2 N–H and O–H groups in total. The second-order valence-corrected chi connectivity index (χ2v) is 12.3. The van der Waals surface area contributed by atoms with E-state index in [0.717, 1.165) is 44.3 Å². The van der Waals surface area contributed by atoms with Crippen LogP contribution >= 0.6 is 11.8 Å². The molecule has 0 bridgehead atoms. The number of amides is 1. The molecule has 0 radical (unpaired) electrons. The van der Waals surface area contributed by atoms with Crippen LogP contribution in [0.5, 0.6) is 0 Å². The van der Waals surface area contributed by atoms with Gasteiger partial charge in [0.05, 0.1) is 18.8 Å². The van der Waals surface area contributed by atoms with Crippen LogP contribution in [0.2, 0.25) is 0 Å². The van der Waals surface area contributed by atoms with E-state index in [1.54, 1.807) is 11.8 Å². The van der Waals surface area contributed by atoms with Gasteiger partial charge in [-0.15, -0.1) is 0 Å².